The fourth-order valence-corrected chi connectivity index (χ4v) is 4.69. The van der Waals surface area contributed by atoms with Gasteiger partial charge >= 0.3 is 0 Å². The molecule has 9 heteroatoms. The Balaban J connectivity index is 1.54. The predicted octanol–water partition coefficient (Wildman–Crippen LogP) is 3.71. The molecule has 0 unspecified atom stereocenters. The van der Waals surface area contributed by atoms with Gasteiger partial charge in [0.2, 0.25) is 5.91 Å². The van der Waals surface area contributed by atoms with Crippen LogP contribution in [0.25, 0.3) is 10.9 Å². The predicted molar refractivity (Wildman–Crippen MR) is 125 cm³/mol. The molecular weight excluding hydrogens is 464 g/mol. The van der Waals surface area contributed by atoms with Gasteiger partial charge in [-0.1, -0.05) is 41.9 Å². The summed E-state index contributed by atoms with van der Waals surface area (Å²) < 4.78 is 30.7. The minimum Gasteiger partial charge on any atom is -0.337 e. The van der Waals surface area contributed by atoms with Crippen LogP contribution in [0.4, 0.5) is 8.78 Å². The summed E-state index contributed by atoms with van der Waals surface area (Å²) in [6, 6.07) is 9.29. The fourth-order valence-electron chi connectivity index (χ4n) is 4.50. The van der Waals surface area contributed by atoms with Crippen molar-refractivity contribution in [3.63, 3.8) is 0 Å². The number of Topliss-reactive ketones (excluding diaryl/α,β-unsaturated/α-hetero) is 2. The van der Waals surface area contributed by atoms with Gasteiger partial charge < -0.3 is 15.2 Å². The van der Waals surface area contributed by atoms with E-state index in [2.05, 4.69) is 0 Å². The third kappa shape index (κ3) is 4.48. The van der Waals surface area contributed by atoms with Crippen LogP contribution in [0, 0.1) is 5.82 Å². The molecule has 1 saturated heterocycles. The number of benzene rings is 2. The molecule has 34 heavy (non-hydrogen) atoms. The smallest absolute Gasteiger partial charge is 0.243 e. The van der Waals surface area contributed by atoms with Crippen LogP contribution in [-0.4, -0.2) is 51.7 Å². The van der Waals surface area contributed by atoms with Gasteiger partial charge in [-0.2, -0.15) is 0 Å². The molecule has 0 saturated carbocycles. The SMILES string of the molecule is CC(=O)c1cn(CC(=O)N2C[C@@H](N)[C@H](F)[C@H]2C(=O)CCc2cccc(Cl)c2F)c2ccccc12. The zero-order valence-electron chi connectivity index (χ0n) is 18.5. The molecule has 1 aromatic heterocycles. The van der Waals surface area contributed by atoms with Gasteiger partial charge in [0.15, 0.2) is 11.6 Å². The molecule has 2 heterocycles. The van der Waals surface area contributed by atoms with Crippen LogP contribution >= 0.6 is 11.6 Å². The lowest BCUT2D eigenvalue weighted by Crippen LogP contribution is -2.45. The second-order valence-corrected chi connectivity index (χ2v) is 8.93. The van der Waals surface area contributed by atoms with Crippen molar-refractivity contribution in [3.8, 4) is 0 Å². The van der Waals surface area contributed by atoms with Gasteiger partial charge in [0.05, 0.1) is 11.1 Å². The van der Waals surface area contributed by atoms with Gasteiger partial charge in [-0.3, -0.25) is 14.4 Å². The van der Waals surface area contributed by atoms with Crippen LogP contribution in [0.2, 0.25) is 5.02 Å². The molecule has 4 rings (SSSR count). The Bertz CT molecular complexity index is 1280. The number of amides is 1. The van der Waals surface area contributed by atoms with Crippen LogP contribution in [0.3, 0.4) is 0 Å². The zero-order chi connectivity index (χ0) is 24.6. The summed E-state index contributed by atoms with van der Waals surface area (Å²) in [5.41, 5.74) is 7.26. The van der Waals surface area contributed by atoms with Crippen molar-refractivity contribution in [2.75, 3.05) is 6.54 Å². The lowest BCUT2D eigenvalue weighted by atomic mass is 9.99. The molecule has 0 spiro atoms. The average Bonchev–Trinajstić information content (AvgIpc) is 3.32. The van der Waals surface area contributed by atoms with E-state index in [4.69, 9.17) is 17.3 Å². The number of likely N-dealkylation sites (tertiary alicyclic amines) is 1. The third-order valence-electron chi connectivity index (χ3n) is 6.25. The number of aromatic nitrogens is 1. The number of ketones is 2. The van der Waals surface area contributed by atoms with Crippen LogP contribution in [0.15, 0.2) is 48.7 Å². The number of fused-ring (bicyclic) bond motifs is 1. The molecule has 0 aliphatic carbocycles. The van der Waals surface area contributed by atoms with Gasteiger partial charge in [-0.15, -0.1) is 0 Å². The molecule has 1 amide bonds. The minimum absolute atomic E-state index is 0.0237. The van der Waals surface area contributed by atoms with E-state index in [9.17, 15) is 23.2 Å². The summed E-state index contributed by atoms with van der Waals surface area (Å²) in [5.74, 6) is -1.78. The molecule has 2 aromatic carbocycles. The summed E-state index contributed by atoms with van der Waals surface area (Å²) in [4.78, 5) is 39.3. The summed E-state index contributed by atoms with van der Waals surface area (Å²) in [6.45, 7) is 1.15. The molecule has 6 nitrogen and oxygen atoms in total. The summed E-state index contributed by atoms with van der Waals surface area (Å²) in [5, 5.41) is 0.650. The number of hydrogen-bond donors (Lipinski definition) is 1. The highest BCUT2D eigenvalue weighted by atomic mass is 35.5. The summed E-state index contributed by atoms with van der Waals surface area (Å²) in [7, 11) is 0. The topological polar surface area (TPSA) is 85.4 Å². The van der Waals surface area contributed by atoms with Crippen molar-refractivity contribution in [3.05, 3.63) is 70.6 Å². The number of carbonyl (C=O) groups is 3. The van der Waals surface area contributed by atoms with E-state index >= 15 is 0 Å². The first kappa shape index (κ1) is 24.0. The highest BCUT2D eigenvalue weighted by Gasteiger charge is 2.46. The Morgan fingerprint density at radius 2 is 1.88 bits per heavy atom. The Labute approximate surface area is 200 Å². The largest absolute Gasteiger partial charge is 0.337 e. The second kappa shape index (κ2) is 9.64. The maximum atomic E-state index is 14.9. The number of aryl methyl sites for hydroxylation is 1. The summed E-state index contributed by atoms with van der Waals surface area (Å²) >= 11 is 5.79. The Morgan fingerprint density at radius 3 is 2.62 bits per heavy atom. The number of nitrogens with zero attached hydrogens (tertiary/aromatic N) is 2. The van der Waals surface area contributed by atoms with Gasteiger partial charge in [0.1, 0.15) is 24.6 Å². The fraction of sp³-hybridized carbons (Fsp3) is 0.320. The lowest BCUT2D eigenvalue weighted by Gasteiger charge is -2.25. The van der Waals surface area contributed by atoms with Crippen molar-refractivity contribution >= 4 is 40.0 Å². The van der Waals surface area contributed by atoms with Crippen LogP contribution in [0.5, 0.6) is 0 Å². The maximum Gasteiger partial charge on any atom is 0.243 e. The monoisotopic (exact) mass is 487 g/mol. The number of halogens is 3. The Hall–Kier alpha value is -3.10. The number of para-hydroxylation sites is 1. The number of hydrogen-bond acceptors (Lipinski definition) is 4. The average molecular weight is 488 g/mol. The molecule has 1 fully saturated rings. The zero-order valence-corrected chi connectivity index (χ0v) is 19.3. The minimum atomic E-state index is -1.73. The van der Waals surface area contributed by atoms with Gasteiger partial charge in [-0.25, -0.2) is 8.78 Å². The lowest BCUT2D eigenvalue weighted by molar-refractivity contribution is -0.139. The van der Waals surface area contributed by atoms with E-state index < -0.39 is 35.8 Å². The molecule has 3 aromatic rings. The quantitative estimate of drug-likeness (QED) is 0.515. The molecule has 1 aliphatic heterocycles. The van der Waals surface area contributed by atoms with E-state index in [1.165, 1.54) is 19.1 Å². The summed E-state index contributed by atoms with van der Waals surface area (Å²) in [6.07, 6.45) is -0.280. The molecule has 1 aliphatic rings. The first-order valence-corrected chi connectivity index (χ1v) is 11.3. The molecule has 3 atom stereocenters. The van der Waals surface area contributed by atoms with E-state index in [1.807, 2.05) is 0 Å². The van der Waals surface area contributed by atoms with Crippen molar-refractivity contribution in [1.82, 2.24) is 9.47 Å². The van der Waals surface area contributed by atoms with Crippen LogP contribution in [0.1, 0.15) is 29.3 Å². The maximum absolute atomic E-state index is 14.9. The number of nitrogens with two attached hydrogens (primary N) is 1. The standard InChI is InChI=1S/C25H24ClF2N3O3/c1-14(32)17-11-30(20-8-3-2-6-16(17)20)13-22(34)31-12-19(29)24(28)25(31)21(33)10-9-15-5-4-7-18(26)23(15)27/h2-8,11,19,24-25H,9-10,12-13,29H2,1H3/t19-,24+,25-/m1/s1. The van der Waals surface area contributed by atoms with Gasteiger partial charge in [0, 0.05) is 35.6 Å². The molecule has 2 N–H and O–H groups in total. The highest BCUT2D eigenvalue weighted by Crippen LogP contribution is 2.27. The first-order valence-electron chi connectivity index (χ1n) is 10.9. The van der Waals surface area contributed by atoms with Gasteiger partial charge in [-0.05, 0) is 31.0 Å². The van der Waals surface area contributed by atoms with Crippen LogP contribution < -0.4 is 5.73 Å². The van der Waals surface area contributed by atoms with Crippen LogP contribution in [-0.2, 0) is 22.6 Å². The molecule has 0 bridgehead atoms. The number of carbonyl (C=O) groups excluding carboxylic acids is 3. The Kier molecular flexibility index (Phi) is 6.81. The molecule has 0 radical (unpaired) electrons. The molecular formula is C25H24ClF2N3O3. The van der Waals surface area contributed by atoms with Crippen molar-refractivity contribution in [1.29, 1.82) is 0 Å². The third-order valence-corrected chi connectivity index (χ3v) is 6.54. The normalized spacial score (nSPS) is 20.1. The Morgan fingerprint density at radius 1 is 1.15 bits per heavy atom. The van der Waals surface area contributed by atoms with Crippen molar-refractivity contribution in [2.45, 2.75) is 44.6 Å². The van der Waals surface area contributed by atoms with E-state index in [0.717, 1.165) is 4.90 Å². The van der Waals surface area contributed by atoms with E-state index in [-0.39, 0.29) is 42.3 Å². The first-order chi connectivity index (χ1) is 16.2. The number of alkyl halides is 1. The van der Waals surface area contributed by atoms with Gasteiger partial charge in [0.25, 0.3) is 0 Å². The van der Waals surface area contributed by atoms with Crippen molar-refractivity contribution < 1.29 is 23.2 Å². The number of rotatable bonds is 7. The van der Waals surface area contributed by atoms with Crippen molar-refractivity contribution in [2.24, 2.45) is 5.73 Å². The highest BCUT2D eigenvalue weighted by molar-refractivity contribution is 6.30. The second-order valence-electron chi connectivity index (χ2n) is 8.52. The van der Waals surface area contributed by atoms with E-state index in [0.29, 0.717) is 16.5 Å². The molecule has 178 valence electrons. The van der Waals surface area contributed by atoms with E-state index in [1.54, 1.807) is 41.1 Å².